The summed E-state index contributed by atoms with van der Waals surface area (Å²) in [7, 11) is 1.89. The Balaban J connectivity index is 1.32. The fourth-order valence-corrected chi connectivity index (χ4v) is 4.35. The zero-order valence-electron chi connectivity index (χ0n) is 16.2. The molecule has 2 saturated heterocycles. The van der Waals surface area contributed by atoms with Crippen LogP contribution in [0.25, 0.3) is 0 Å². The van der Waals surface area contributed by atoms with Crippen LogP contribution >= 0.6 is 0 Å². The molecule has 26 heavy (non-hydrogen) atoms. The van der Waals surface area contributed by atoms with Gasteiger partial charge in [-0.3, -0.25) is 4.99 Å². The average Bonchev–Trinajstić information content (AvgIpc) is 3.41. The molecular formula is C21H32N4O. The molecule has 3 aliphatic rings. The summed E-state index contributed by atoms with van der Waals surface area (Å²) in [6.45, 7) is 8.24. The van der Waals surface area contributed by atoms with Gasteiger partial charge < -0.3 is 19.9 Å². The van der Waals surface area contributed by atoms with Crippen molar-refractivity contribution in [2.45, 2.75) is 38.3 Å². The fourth-order valence-electron chi connectivity index (χ4n) is 4.35. The van der Waals surface area contributed by atoms with E-state index < -0.39 is 0 Å². The summed E-state index contributed by atoms with van der Waals surface area (Å²) >= 11 is 0. The number of hydrogen-bond donors (Lipinski definition) is 1. The molecule has 1 aromatic rings. The highest BCUT2D eigenvalue weighted by Crippen LogP contribution is 2.31. The summed E-state index contributed by atoms with van der Waals surface area (Å²) in [6.07, 6.45) is 4.27. The lowest BCUT2D eigenvalue weighted by Gasteiger charge is -2.36. The quantitative estimate of drug-likeness (QED) is 0.664. The van der Waals surface area contributed by atoms with E-state index in [0.717, 1.165) is 44.2 Å². The van der Waals surface area contributed by atoms with E-state index in [9.17, 15) is 0 Å². The summed E-state index contributed by atoms with van der Waals surface area (Å²) in [5, 5.41) is 3.64. The highest BCUT2D eigenvalue weighted by atomic mass is 16.5. The number of nitrogens with zero attached hydrogens (tertiary/aromatic N) is 3. The molecule has 4 rings (SSSR count). The van der Waals surface area contributed by atoms with Gasteiger partial charge in [0.1, 0.15) is 6.10 Å². The molecule has 2 heterocycles. The molecule has 5 heteroatoms. The zero-order chi connectivity index (χ0) is 17.9. The third-order valence-electron chi connectivity index (χ3n) is 6.04. The van der Waals surface area contributed by atoms with Crippen LogP contribution in [-0.2, 0) is 4.74 Å². The van der Waals surface area contributed by atoms with Crippen LogP contribution in [0.3, 0.4) is 0 Å². The number of nitrogens with one attached hydrogen (secondary N) is 1. The van der Waals surface area contributed by atoms with Crippen molar-refractivity contribution >= 4 is 5.96 Å². The SMILES string of the molecule is CN=C(NCC1CCN(C2CC2)C1)N1CCOC(c2ccccc2C)C1. The summed E-state index contributed by atoms with van der Waals surface area (Å²) in [4.78, 5) is 9.59. The summed E-state index contributed by atoms with van der Waals surface area (Å²) in [5.74, 6) is 1.78. The predicted molar refractivity (Wildman–Crippen MR) is 106 cm³/mol. The third kappa shape index (κ3) is 4.04. The van der Waals surface area contributed by atoms with E-state index in [1.165, 1.54) is 43.5 Å². The molecular weight excluding hydrogens is 324 g/mol. The number of aliphatic imine (C=N–C) groups is 1. The first-order valence-electron chi connectivity index (χ1n) is 10.1. The second-order valence-electron chi connectivity index (χ2n) is 7.97. The molecule has 1 aliphatic carbocycles. The van der Waals surface area contributed by atoms with E-state index in [0.29, 0.717) is 0 Å². The number of morpholine rings is 1. The molecule has 2 unspecified atom stereocenters. The standard InChI is InChI=1S/C21H32N4O/c1-16-5-3-4-6-19(16)20-15-25(11-12-26-20)21(22-2)23-13-17-9-10-24(14-17)18-7-8-18/h3-6,17-18,20H,7-15H2,1-2H3,(H,22,23). The minimum absolute atomic E-state index is 0.125. The lowest BCUT2D eigenvalue weighted by molar-refractivity contribution is -0.00836. The van der Waals surface area contributed by atoms with Crippen molar-refractivity contribution in [2.75, 3.05) is 46.4 Å². The molecule has 1 saturated carbocycles. The van der Waals surface area contributed by atoms with Crippen LogP contribution < -0.4 is 5.32 Å². The Labute approximate surface area is 157 Å². The fraction of sp³-hybridized carbons (Fsp3) is 0.667. The first-order chi connectivity index (χ1) is 12.7. The van der Waals surface area contributed by atoms with Crippen molar-refractivity contribution in [3.63, 3.8) is 0 Å². The molecule has 0 spiro atoms. The van der Waals surface area contributed by atoms with Crippen LogP contribution in [0, 0.1) is 12.8 Å². The first kappa shape index (κ1) is 17.8. The van der Waals surface area contributed by atoms with Crippen molar-refractivity contribution in [3.8, 4) is 0 Å². The van der Waals surface area contributed by atoms with Crippen molar-refractivity contribution < 1.29 is 4.74 Å². The summed E-state index contributed by atoms with van der Waals surface area (Å²) in [5.41, 5.74) is 2.59. The highest BCUT2D eigenvalue weighted by molar-refractivity contribution is 5.80. The second-order valence-corrected chi connectivity index (χ2v) is 7.97. The van der Waals surface area contributed by atoms with Crippen molar-refractivity contribution in [2.24, 2.45) is 10.9 Å². The van der Waals surface area contributed by atoms with Gasteiger partial charge in [-0.15, -0.1) is 0 Å². The number of rotatable bonds is 4. The van der Waals surface area contributed by atoms with Gasteiger partial charge >= 0.3 is 0 Å². The Morgan fingerprint density at radius 2 is 2.04 bits per heavy atom. The minimum Gasteiger partial charge on any atom is -0.370 e. The maximum absolute atomic E-state index is 6.06. The van der Waals surface area contributed by atoms with Crippen LogP contribution in [0.15, 0.2) is 29.3 Å². The van der Waals surface area contributed by atoms with Crippen LogP contribution in [0.2, 0.25) is 0 Å². The lowest BCUT2D eigenvalue weighted by Crippen LogP contribution is -2.49. The second kappa shape index (κ2) is 7.97. The Bertz CT molecular complexity index is 643. The van der Waals surface area contributed by atoms with E-state index >= 15 is 0 Å². The Kier molecular flexibility index (Phi) is 5.46. The van der Waals surface area contributed by atoms with E-state index in [4.69, 9.17) is 4.74 Å². The Hall–Kier alpha value is -1.59. The molecule has 0 amide bonds. The molecule has 2 atom stereocenters. The van der Waals surface area contributed by atoms with Gasteiger partial charge in [-0.05, 0) is 49.8 Å². The lowest BCUT2D eigenvalue weighted by atomic mass is 10.0. The summed E-state index contributed by atoms with van der Waals surface area (Å²) in [6, 6.07) is 9.44. The number of hydrogen-bond acceptors (Lipinski definition) is 3. The molecule has 1 aromatic carbocycles. The van der Waals surface area contributed by atoms with E-state index in [2.05, 4.69) is 51.3 Å². The van der Waals surface area contributed by atoms with Gasteiger partial charge in [0.05, 0.1) is 13.2 Å². The molecule has 0 bridgehead atoms. The van der Waals surface area contributed by atoms with Gasteiger partial charge in [0.2, 0.25) is 0 Å². The van der Waals surface area contributed by atoms with Gasteiger partial charge in [0, 0.05) is 32.7 Å². The molecule has 142 valence electrons. The van der Waals surface area contributed by atoms with Crippen LogP contribution in [0.1, 0.15) is 36.5 Å². The highest BCUT2D eigenvalue weighted by Gasteiger charge is 2.34. The normalized spacial score (nSPS) is 27.8. The van der Waals surface area contributed by atoms with E-state index in [1.807, 2.05) is 7.05 Å². The largest absolute Gasteiger partial charge is 0.370 e. The van der Waals surface area contributed by atoms with E-state index in [-0.39, 0.29) is 6.10 Å². The van der Waals surface area contributed by atoms with Gasteiger partial charge in [-0.1, -0.05) is 24.3 Å². The van der Waals surface area contributed by atoms with E-state index in [1.54, 1.807) is 0 Å². The average molecular weight is 357 g/mol. The molecule has 1 N–H and O–H groups in total. The monoisotopic (exact) mass is 356 g/mol. The number of aryl methyl sites for hydroxylation is 1. The maximum Gasteiger partial charge on any atom is 0.193 e. The van der Waals surface area contributed by atoms with Crippen LogP contribution in [-0.4, -0.2) is 68.2 Å². The zero-order valence-corrected chi connectivity index (χ0v) is 16.2. The Morgan fingerprint density at radius 1 is 1.19 bits per heavy atom. The molecule has 5 nitrogen and oxygen atoms in total. The topological polar surface area (TPSA) is 40.1 Å². The van der Waals surface area contributed by atoms with Gasteiger partial charge in [0.25, 0.3) is 0 Å². The van der Waals surface area contributed by atoms with Crippen LogP contribution in [0.5, 0.6) is 0 Å². The number of benzene rings is 1. The van der Waals surface area contributed by atoms with Gasteiger partial charge in [0.15, 0.2) is 5.96 Å². The smallest absolute Gasteiger partial charge is 0.193 e. The number of guanidine groups is 1. The molecule has 2 aliphatic heterocycles. The Morgan fingerprint density at radius 3 is 2.81 bits per heavy atom. The first-order valence-corrected chi connectivity index (χ1v) is 10.1. The summed E-state index contributed by atoms with van der Waals surface area (Å²) < 4.78 is 6.06. The predicted octanol–water partition coefficient (Wildman–Crippen LogP) is 2.43. The van der Waals surface area contributed by atoms with Crippen molar-refractivity contribution in [1.29, 1.82) is 0 Å². The third-order valence-corrected chi connectivity index (χ3v) is 6.04. The number of likely N-dealkylation sites (tertiary alicyclic amines) is 1. The van der Waals surface area contributed by atoms with Gasteiger partial charge in [-0.2, -0.15) is 0 Å². The number of ether oxygens (including phenoxy) is 1. The van der Waals surface area contributed by atoms with Crippen molar-refractivity contribution in [1.82, 2.24) is 15.1 Å². The maximum atomic E-state index is 6.06. The minimum atomic E-state index is 0.125. The van der Waals surface area contributed by atoms with Crippen LogP contribution in [0.4, 0.5) is 0 Å². The molecule has 3 fully saturated rings. The van der Waals surface area contributed by atoms with Crippen molar-refractivity contribution in [3.05, 3.63) is 35.4 Å². The molecule has 0 aromatic heterocycles. The molecule has 0 radical (unpaired) electrons. The van der Waals surface area contributed by atoms with Gasteiger partial charge in [-0.25, -0.2) is 0 Å².